The van der Waals surface area contributed by atoms with Crippen molar-refractivity contribution in [2.24, 2.45) is 0 Å². The first-order chi connectivity index (χ1) is 14.0. The van der Waals surface area contributed by atoms with E-state index in [9.17, 15) is 14.0 Å². The van der Waals surface area contributed by atoms with Crippen LogP contribution in [0.1, 0.15) is 39.6 Å². The maximum atomic E-state index is 13.6. The number of hydrogen-bond acceptors (Lipinski definition) is 3. The van der Waals surface area contributed by atoms with Crippen LogP contribution in [0.3, 0.4) is 0 Å². The van der Waals surface area contributed by atoms with Crippen molar-refractivity contribution in [2.45, 2.75) is 19.8 Å². The first kappa shape index (κ1) is 20.4. The molecule has 0 N–H and O–H groups in total. The van der Waals surface area contributed by atoms with E-state index in [1.54, 1.807) is 36.2 Å². The van der Waals surface area contributed by atoms with Crippen molar-refractivity contribution in [3.63, 3.8) is 0 Å². The normalized spacial score (nSPS) is 10.6. The molecule has 0 bridgehead atoms. The molecular weight excluding hydrogens is 367 g/mol. The largest absolute Gasteiger partial charge is 0.342 e. The number of aryl methyl sites for hydroxylation is 1. The SMILES string of the molecule is CCN(C)C(=O)c1ccc(-c2ccc(C(=O)CCc3cccnc3F)cc2)cc1. The van der Waals surface area contributed by atoms with Crippen molar-refractivity contribution >= 4 is 11.7 Å². The van der Waals surface area contributed by atoms with Crippen LogP contribution >= 0.6 is 0 Å². The Hall–Kier alpha value is -3.34. The molecule has 0 aliphatic carbocycles. The molecule has 5 heteroatoms. The third-order valence-corrected chi connectivity index (χ3v) is 4.95. The summed E-state index contributed by atoms with van der Waals surface area (Å²) in [5.74, 6) is -0.573. The number of carbonyl (C=O) groups is 2. The topological polar surface area (TPSA) is 50.3 Å². The van der Waals surface area contributed by atoms with Crippen LogP contribution in [-0.2, 0) is 6.42 Å². The van der Waals surface area contributed by atoms with Crippen LogP contribution < -0.4 is 0 Å². The van der Waals surface area contributed by atoms with Gasteiger partial charge in [0.25, 0.3) is 5.91 Å². The van der Waals surface area contributed by atoms with Crippen LogP contribution in [-0.4, -0.2) is 35.2 Å². The fourth-order valence-corrected chi connectivity index (χ4v) is 3.02. The molecule has 29 heavy (non-hydrogen) atoms. The lowest BCUT2D eigenvalue weighted by atomic mass is 9.99. The number of ketones is 1. The molecule has 3 rings (SSSR count). The van der Waals surface area contributed by atoms with Gasteiger partial charge in [-0.1, -0.05) is 42.5 Å². The average molecular weight is 390 g/mol. The third kappa shape index (κ3) is 4.93. The molecule has 0 spiro atoms. The van der Waals surface area contributed by atoms with Crippen molar-refractivity contribution in [3.8, 4) is 11.1 Å². The van der Waals surface area contributed by atoms with Gasteiger partial charge in [0.1, 0.15) is 0 Å². The quantitative estimate of drug-likeness (QED) is 0.430. The second kappa shape index (κ2) is 9.24. The van der Waals surface area contributed by atoms with E-state index in [1.165, 1.54) is 6.20 Å². The number of amides is 1. The smallest absolute Gasteiger partial charge is 0.253 e. The Labute approximate surface area is 170 Å². The molecule has 0 unspecified atom stereocenters. The first-order valence-corrected chi connectivity index (χ1v) is 9.58. The summed E-state index contributed by atoms with van der Waals surface area (Å²) in [6, 6.07) is 18.1. The van der Waals surface area contributed by atoms with Gasteiger partial charge in [-0.15, -0.1) is 0 Å². The van der Waals surface area contributed by atoms with Crippen LogP contribution in [0.5, 0.6) is 0 Å². The number of rotatable bonds is 7. The highest BCUT2D eigenvalue weighted by molar-refractivity contribution is 5.97. The van der Waals surface area contributed by atoms with E-state index >= 15 is 0 Å². The summed E-state index contributed by atoms with van der Waals surface area (Å²) in [4.78, 5) is 29.9. The summed E-state index contributed by atoms with van der Waals surface area (Å²) in [6.45, 7) is 2.59. The molecule has 0 saturated carbocycles. The molecule has 1 heterocycles. The van der Waals surface area contributed by atoms with Gasteiger partial charge in [-0.25, -0.2) is 4.98 Å². The second-order valence-corrected chi connectivity index (χ2v) is 6.85. The number of hydrogen-bond donors (Lipinski definition) is 0. The van der Waals surface area contributed by atoms with E-state index in [0.717, 1.165) is 11.1 Å². The minimum absolute atomic E-state index is 0.00922. The molecule has 2 aromatic carbocycles. The monoisotopic (exact) mass is 390 g/mol. The number of aromatic nitrogens is 1. The highest BCUT2D eigenvalue weighted by Gasteiger charge is 2.11. The number of carbonyl (C=O) groups excluding carboxylic acids is 2. The van der Waals surface area contributed by atoms with E-state index in [-0.39, 0.29) is 18.1 Å². The predicted molar refractivity (Wildman–Crippen MR) is 111 cm³/mol. The van der Waals surface area contributed by atoms with E-state index in [2.05, 4.69) is 4.98 Å². The maximum absolute atomic E-state index is 13.6. The summed E-state index contributed by atoms with van der Waals surface area (Å²) < 4.78 is 13.6. The molecule has 0 aliphatic rings. The Bertz CT molecular complexity index is 998. The van der Waals surface area contributed by atoms with Crippen molar-refractivity contribution in [3.05, 3.63) is 89.5 Å². The standard InChI is InChI=1S/C24H23FN2O2/c1-3-27(2)24(29)21-12-8-18(9-13-21)17-6-10-19(11-7-17)22(28)15-14-20-5-4-16-26-23(20)25/h4-13,16H,3,14-15H2,1-2H3. The molecule has 0 atom stereocenters. The second-order valence-electron chi connectivity index (χ2n) is 6.85. The van der Waals surface area contributed by atoms with E-state index < -0.39 is 5.95 Å². The first-order valence-electron chi connectivity index (χ1n) is 9.58. The lowest BCUT2D eigenvalue weighted by molar-refractivity contribution is 0.0802. The molecule has 1 amide bonds. The third-order valence-electron chi connectivity index (χ3n) is 4.95. The Morgan fingerprint density at radius 1 is 0.931 bits per heavy atom. The molecule has 3 aromatic rings. The van der Waals surface area contributed by atoms with Gasteiger partial charge in [0.15, 0.2) is 5.78 Å². The van der Waals surface area contributed by atoms with E-state index in [0.29, 0.717) is 29.7 Å². The van der Waals surface area contributed by atoms with Gasteiger partial charge >= 0.3 is 0 Å². The molecule has 4 nitrogen and oxygen atoms in total. The van der Waals surface area contributed by atoms with Gasteiger partial charge in [0.2, 0.25) is 5.95 Å². The molecule has 0 radical (unpaired) electrons. The highest BCUT2D eigenvalue weighted by atomic mass is 19.1. The van der Waals surface area contributed by atoms with Crippen LogP contribution in [0.25, 0.3) is 11.1 Å². The number of halogens is 1. The lowest BCUT2D eigenvalue weighted by Gasteiger charge is -2.14. The van der Waals surface area contributed by atoms with Crippen LogP contribution in [0.15, 0.2) is 66.9 Å². The van der Waals surface area contributed by atoms with Crippen LogP contribution in [0.2, 0.25) is 0 Å². The van der Waals surface area contributed by atoms with Gasteiger partial charge in [-0.2, -0.15) is 4.39 Å². The van der Waals surface area contributed by atoms with Crippen LogP contribution in [0.4, 0.5) is 4.39 Å². The fourth-order valence-electron chi connectivity index (χ4n) is 3.02. The van der Waals surface area contributed by atoms with Crippen molar-refractivity contribution < 1.29 is 14.0 Å². The zero-order valence-corrected chi connectivity index (χ0v) is 16.6. The van der Waals surface area contributed by atoms with Gasteiger partial charge in [-0.05, 0) is 42.7 Å². The molecule has 0 fully saturated rings. The summed E-state index contributed by atoms with van der Waals surface area (Å²) in [7, 11) is 1.77. The maximum Gasteiger partial charge on any atom is 0.253 e. The van der Waals surface area contributed by atoms with Crippen molar-refractivity contribution in [1.29, 1.82) is 0 Å². The molecule has 0 saturated heterocycles. The summed E-state index contributed by atoms with van der Waals surface area (Å²) in [5.41, 5.74) is 3.61. The number of Topliss-reactive ketones (excluding diaryl/α,β-unsaturated/α-hetero) is 1. The number of nitrogens with zero attached hydrogens (tertiary/aromatic N) is 2. The van der Waals surface area contributed by atoms with Crippen molar-refractivity contribution in [2.75, 3.05) is 13.6 Å². The predicted octanol–water partition coefficient (Wildman–Crippen LogP) is 4.80. The molecule has 148 valence electrons. The van der Waals surface area contributed by atoms with E-state index in [4.69, 9.17) is 0 Å². The highest BCUT2D eigenvalue weighted by Crippen LogP contribution is 2.21. The summed E-state index contributed by atoms with van der Waals surface area (Å²) in [6.07, 6.45) is 1.94. The molecular formula is C24H23FN2O2. The Morgan fingerprint density at radius 2 is 1.52 bits per heavy atom. The van der Waals surface area contributed by atoms with Gasteiger partial charge in [0, 0.05) is 42.9 Å². The van der Waals surface area contributed by atoms with Gasteiger partial charge in [-0.3, -0.25) is 9.59 Å². The number of benzene rings is 2. The lowest BCUT2D eigenvalue weighted by Crippen LogP contribution is -2.26. The minimum atomic E-state index is -0.525. The van der Waals surface area contributed by atoms with Crippen molar-refractivity contribution in [1.82, 2.24) is 9.88 Å². The minimum Gasteiger partial charge on any atom is -0.342 e. The van der Waals surface area contributed by atoms with Gasteiger partial charge in [0.05, 0.1) is 0 Å². The number of pyridine rings is 1. The van der Waals surface area contributed by atoms with E-state index in [1.807, 2.05) is 43.3 Å². The Balaban J connectivity index is 1.66. The summed E-state index contributed by atoms with van der Waals surface area (Å²) >= 11 is 0. The molecule has 1 aromatic heterocycles. The zero-order chi connectivity index (χ0) is 20.8. The Kier molecular flexibility index (Phi) is 6.50. The Morgan fingerprint density at radius 3 is 2.07 bits per heavy atom. The summed E-state index contributed by atoms with van der Waals surface area (Å²) in [5, 5.41) is 0. The fraction of sp³-hybridized carbons (Fsp3) is 0.208. The molecule has 0 aliphatic heterocycles. The van der Waals surface area contributed by atoms with Crippen LogP contribution in [0, 0.1) is 5.95 Å². The average Bonchev–Trinajstić information content (AvgIpc) is 2.77. The zero-order valence-electron chi connectivity index (χ0n) is 16.6. The van der Waals surface area contributed by atoms with Gasteiger partial charge < -0.3 is 4.90 Å².